The molecule has 26 heavy (non-hydrogen) atoms. The SMILES string of the molecule is CCCCCCCCCCCCC1(C(=O)N[n+]2ccccc2)CC1C.[Br-]. The van der Waals surface area contributed by atoms with Crippen LogP contribution >= 0.6 is 0 Å². The van der Waals surface area contributed by atoms with Crippen molar-refractivity contribution in [3.8, 4) is 0 Å². The van der Waals surface area contributed by atoms with E-state index in [1.165, 1.54) is 64.2 Å². The van der Waals surface area contributed by atoms with Gasteiger partial charge < -0.3 is 17.0 Å². The van der Waals surface area contributed by atoms with Crippen molar-refractivity contribution < 1.29 is 26.5 Å². The second-order valence-electron chi connectivity index (χ2n) is 7.92. The van der Waals surface area contributed by atoms with Gasteiger partial charge in [0.2, 0.25) is 0 Å². The number of pyridine rings is 1. The lowest BCUT2D eigenvalue weighted by atomic mass is 9.94. The van der Waals surface area contributed by atoms with E-state index in [1.807, 2.05) is 30.6 Å². The summed E-state index contributed by atoms with van der Waals surface area (Å²) in [6.07, 6.45) is 19.3. The van der Waals surface area contributed by atoms with Crippen molar-refractivity contribution in [3.05, 3.63) is 30.6 Å². The number of nitrogens with zero attached hydrogens (tertiary/aromatic N) is 1. The smallest absolute Gasteiger partial charge is 0.281 e. The van der Waals surface area contributed by atoms with Crippen LogP contribution in [0.25, 0.3) is 0 Å². The second kappa shape index (κ2) is 12.5. The molecule has 1 aliphatic rings. The molecule has 0 spiro atoms. The molecule has 1 aromatic rings. The first-order valence-corrected chi connectivity index (χ1v) is 10.5. The zero-order valence-corrected chi connectivity index (χ0v) is 18.3. The number of rotatable bonds is 13. The summed E-state index contributed by atoms with van der Waals surface area (Å²) in [7, 11) is 0. The van der Waals surface area contributed by atoms with Gasteiger partial charge in [-0.05, 0) is 18.8 Å². The van der Waals surface area contributed by atoms with Gasteiger partial charge in [0.15, 0.2) is 12.4 Å². The summed E-state index contributed by atoms with van der Waals surface area (Å²) in [6, 6.07) is 5.83. The molecule has 1 aliphatic carbocycles. The number of carbonyl (C=O) groups excluding carboxylic acids is 1. The van der Waals surface area contributed by atoms with Crippen molar-refractivity contribution in [1.82, 2.24) is 0 Å². The van der Waals surface area contributed by atoms with Crippen molar-refractivity contribution in [2.75, 3.05) is 5.43 Å². The topological polar surface area (TPSA) is 33.0 Å². The maximum Gasteiger partial charge on any atom is 0.281 e. The predicted molar refractivity (Wildman–Crippen MR) is 104 cm³/mol. The van der Waals surface area contributed by atoms with Crippen LogP contribution in [0.1, 0.15) is 90.9 Å². The van der Waals surface area contributed by atoms with Crippen molar-refractivity contribution in [3.63, 3.8) is 0 Å². The Balaban J connectivity index is 0.00000338. The van der Waals surface area contributed by atoms with E-state index in [0.717, 1.165) is 12.8 Å². The van der Waals surface area contributed by atoms with Crippen molar-refractivity contribution in [2.24, 2.45) is 11.3 Å². The Bertz CT molecular complexity index is 508. The average Bonchev–Trinajstić information content (AvgIpc) is 3.29. The summed E-state index contributed by atoms with van der Waals surface area (Å²) in [6.45, 7) is 4.48. The largest absolute Gasteiger partial charge is 1.00 e. The Morgan fingerprint density at radius 2 is 1.46 bits per heavy atom. The summed E-state index contributed by atoms with van der Waals surface area (Å²) in [5, 5.41) is 0. The third-order valence-corrected chi connectivity index (χ3v) is 5.83. The van der Waals surface area contributed by atoms with Crippen LogP contribution in [-0.4, -0.2) is 5.91 Å². The van der Waals surface area contributed by atoms with Crippen LogP contribution in [0.3, 0.4) is 0 Å². The first-order chi connectivity index (χ1) is 12.2. The highest BCUT2D eigenvalue weighted by atomic mass is 79.9. The van der Waals surface area contributed by atoms with Crippen LogP contribution in [0.15, 0.2) is 30.6 Å². The molecule has 0 radical (unpaired) electrons. The number of carbonyl (C=O) groups is 1. The van der Waals surface area contributed by atoms with Gasteiger partial charge >= 0.3 is 0 Å². The second-order valence-corrected chi connectivity index (χ2v) is 7.92. The fourth-order valence-electron chi connectivity index (χ4n) is 3.90. The molecular weight excluding hydrogens is 388 g/mol. The summed E-state index contributed by atoms with van der Waals surface area (Å²) in [5.74, 6) is 0.725. The van der Waals surface area contributed by atoms with E-state index in [0.29, 0.717) is 5.92 Å². The number of aromatic nitrogens is 1. The Morgan fingerprint density at radius 1 is 0.962 bits per heavy atom. The third kappa shape index (κ3) is 7.38. The van der Waals surface area contributed by atoms with Crippen LogP contribution in [0.2, 0.25) is 0 Å². The number of amides is 1. The summed E-state index contributed by atoms with van der Waals surface area (Å²) < 4.78 is 1.77. The van der Waals surface area contributed by atoms with Gasteiger partial charge in [-0.3, -0.25) is 4.79 Å². The molecule has 1 saturated carbocycles. The van der Waals surface area contributed by atoms with E-state index < -0.39 is 0 Å². The Kier molecular flexibility index (Phi) is 11.1. The molecule has 2 atom stereocenters. The Hall–Kier alpha value is -0.900. The fourth-order valence-corrected chi connectivity index (χ4v) is 3.90. The summed E-state index contributed by atoms with van der Waals surface area (Å²) >= 11 is 0. The van der Waals surface area contributed by atoms with Gasteiger partial charge in [0.25, 0.3) is 5.91 Å². The lowest BCUT2D eigenvalue weighted by Crippen LogP contribution is -3.00. The minimum absolute atomic E-state index is 0. The molecular formula is C22H37BrN2O. The fraction of sp³-hybridized carbons (Fsp3) is 0.727. The van der Waals surface area contributed by atoms with Crippen LogP contribution in [0, 0.1) is 11.3 Å². The van der Waals surface area contributed by atoms with Crippen molar-refractivity contribution in [1.29, 1.82) is 0 Å². The first-order valence-electron chi connectivity index (χ1n) is 10.5. The van der Waals surface area contributed by atoms with Gasteiger partial charge in [0.05, 0.1) is 5.41 Å². The average molecular weight is 425 g/mol. The van der Waals surface area contributed by atoms with E-state index in [-0.39, 0.29) is 28.3 Å². The van der Waals surface area contributed by atoms with Crippen LogP contribution in [0.4, 0.5) is 0 Å². The molecule has 1 fully saturated rings. The number of hydrogen-bond acceptors (Lipinski definition) is 1. The number of unbranched alkanes of at least 4 members (excludes halogenated alkanes) is 9. The standard InChI is InChI=1S/C22H36N2O.BrH/c1-3-4-5-6-7-8-9-10-11-13-16-22(19-20(22)2)21(25)23-24-17-14-12-15-18-24;/h12,14-15,17-18,20H,3-11,13,16,19H2,1-2H3;1H. The zero-order valence-electron chi connectivity index (χ0n) is 16.7. The molecule has 2 unspecified atom stereocenters. The minimum Gasteiger partial charge on any atom is -1.00 e. The predicted octanol–water partition coefficient (Wildman–Crippen LogP) is 2.39. The Labute approximate surface area is 170 Å². The highest BCUT2D eigenvalue weighted by Gasteiger charge is 2.57. The molecule has 1 amide bonds. The normalized spacial score (nSPS) is 21.1. The van der Waals surface area contributed by atoms with E-state index in [9.17, 15) is 4.79 Å². The maximum atomic E-state index is 12.7. The molecule has 0 bridgehead atoms. The summed E-state index contributed by atoms with van der Waals surface area (Å²) in [4.78, 5) is 12.7. The number of hydrogen-bond donors (Lipinski definition) is 1. The first kappa shape index (κ1) is 23.1. The van der Waals surface area contributed by atoms with Crippen molar-refractivity contribution >= 4 is 5.91 Å². The van der Waals surface area contributed by atoms with Gasteiger partial charge in [-0.2, -0.15) is 0 Å². The van der Waals surface area contributed by atoms with E-state index in [2.05, 4.69) is 19.3 Å². The maximum absolute atomic E-state index is 12.7. The number of halogens is 1. The molecule has 3 nitrogen and oxygen atoms in total. The molecule has 4 heteroatoms. The Morgan fingerprint density at radius 3 is 1.96 bits per heavy atom. The highest BCUT2D eigenvalue weighted by Crippen LogP contribution is 2.56. The summed E-state index contributed by atoms with van der Waals surface area (Å²) in [5.41, 5.74) is 2.93. The van der Waals surface area contributed by atoms with Crippen molar-refractivity contribution in [2.45, 2.75) is 90.9 Å². The molecule has 2 rings (SSSR count). The lowest BCUT2D eigenvalue weighted by Gasteiger charge is -2.13. The molecule has 1 aromatic heterocycles. The van der Waals surface area contributed by atoms with E-state index in [4.69, 9.17) is 0 Å². The van der Waals surface area contributed by atoms with Crippen LogP contribution in [0.5, 0.6) is 0 Å². The number of nitrogens with one attached hydrogen (secondary N) is 1. The van der Waals surface area contributed by atoms with E-state index >= 15 is 0 Å². The monoisotopic (exact) mass is 424 g/mol. The van der Waals surface area contributed by atoms with Gasteiger partial charge in [-0.15, -0.1) is 5.43 Å². The molecule has 0 aliphatic heterocycles. The van der Waals surface area contributed by atoms with E-state index in [1.54, 1.807) is 4.68 Å². The van der Waals surface area contributed by atoms with Gasteiger partial charge in [-0.25, -0.2) is 0 Å². The lowest BCUT2D eigenvalue weighted by molar-refractivity contribution is -0.642. The van der Waals surface area contributed by atoms with Gasteiger partial charge in [-0.1, -0.05) is 88.8 Å². The zero-order chi connectivity index (χ0) is 18.0. The third-order valence-electron chi connectivity index (χ3n) is 5.83. The quantitative estimate of drug-likeness (QED) is 0.382. The van der Waals surface area contributed by atoms with Crippen LogP contribution < -0.4 is 27.1 Å². The minimum atomic E-state index is -0.108. The highest BCUT2D eigenvalue weighted by molar-refractivity contribution is 5.90. The van der Waals surface area contributed by atoms with Gasteiger partial charge in [0.1, 0.15) is 0 Å². The molecule has 0 aromatic carbocycles. The molecule has 148 valence electrons. The molecule has 1 heterocycles. The molecule has 1 N–H and O–H groups in total. The van der Waals surface area contributed by atoms with Crippen LogP contribution in [-0.2, 0) is 4.79 Å². The molecule has 0 saturated heterocycles. The van der Waals surface area contributed by atoms with Gasteiger partial charge in [0, 0.05) is 12.1 Å².